The average molecular weight is 488 g/mol. The number of likely N-dealkylation sites (tertiary alicyclic amines) is 1. The van der Waals surface area contributed by atoms with E-state index in [0.717, 1.165) is 63.2 Å². The Kier molecular flexibility index (Phi) is 9.64. The zero-order valence-corrected chi connectivity index (χ0v) is 18.6. The Morgan fingerprint density at radius 3 is 2.70 bits per heavy atom. The van der Waals surface area contributed by atoms with Crippen LogP contribution in [-0.2, 0) is 11.3 Å². The molecule has 2 heterocycles. The van der Waals surface area contributed by atoms with Crippen molar-refractivity contribution in [1.29, 1.82) is 0 Å². The molecule has 0 radical (unpaired) electrons. The van der Waals surface area contributed by atoms with Gasteiger partial charge in [-0.05, 0) is 36.5 Å². The highest BCUT2D eigenvalue weighted by atomic mass is 127. The largest absolute Gasteiger partial charge is 0.492 e. The molecule has 0 bridgehead atoms. The van der Waals surface area contributed by atoms with Crippen LogP contribution in [0.5, 0.6) is 5.75 Å². The third-order valence-electron chi connectivity index (χ3n) is 5.21. The molecule has 0 aliphatic carbocycles. The van der Waals surface area contributed by atoms with Gasteiger partial charge in [-0.15, -0.1) is 24.0 Å². The Morgan fingerprint density at radius 1 is 1.22 bits per heavy atom. The van der Waals surface area contributed by atoms with Crippen molar-refractivity contribution in [2.75, 3.05) is 52.5 Å². The molecule has 152 valence electrons. The van der Waals surface area contributed by atoms with Crippen molar-refractivity contribution in [2.45, 2.75) is 26.3 Å². The van der Waals surface area contributed by atoms with Gasteiger partial charge in [0.2, 0.25) is 0 Å². The number of aliphatic imine (C=N–C) groups is 1. The average Bonchev–Trinajstić information content (AvgIpc) is 2.68. The molecule has 0 spiro atoms. The predicted molar refractivity (Wildman–Crippen MR) is 120 cm³/mol. The van der Waals surface area contributed by atoms with Gasteiger partial charge in [0.25, 0.3) is 0 Å². The molecule has 27 heavy (non-hydrogen) atoms. The van der Waals surface area contributed by atoms with Gasteiger partial charge in [-0.3, -0.25) is 4.90 Å². The van der Waals surface area contributed by atoms with Crippen LogP contribution in [0.15, 0.2) is 29.3 Å². The zero-order valence-electron chi connectivity index (χ0n) is 16.3. The number of benzene rings is 1. The fourth-order valence-corrected chi connectivity index (χ4v) is 3.36. The second-order valence-electron chi connectivity index (χ2n) is 7.29. The van der Waals surface area contributed by atoms with Crippen LogP contribution < -0.4 is 10.5 Å². The number of ether oxygens (including phenoxy) is 2. The van der Waals surface area contributed by atoms with E-state index in [1.54, 1.807) is 0 Å². The zero-order chi connectivity index (χ0) is 18.2. The summed E-state index contributed by atoms with van der Waals surface area (Å²) in [4.78, 5) is 9.15. The number of hydrogen-bond acceptors (Lipinski definition) is 4. The Hall–Kier alpha value is -1.06. The van der Waals surface area contributed by atoms with Gasteiger partial charge in [0.05, 0.1) is 19.8 Å². The van der Waals surface area contributed by atoms with Crippen molar-refractivity contribution in [2.24, 2.45) is 16.6 Å². The topological polar surface area (TPSA) is 63.3 Å². The number of guanidine groups is 1. The number of nitrogens with zero attached hydrogens (tertiary/aromatic N) is 3. The third-order valence-corrected chi connectivity index (χ3v) is 5.21. The van der Waals surface area contributed by atoms with Gasteiger partial charge in [0.1, 0.15) is 12.4 Å². The summed E-state index contributed by atoms with van der Waals surface area (Å²) in [5.74, 6) is 2.36. The lowest BCUT2D eigenvalue weighted by atomic mass is 10.00. The Labute approximate surface area is 180 Å². The lowest BCUT2D eigenvalue weighted by molar-refractivity contribution is 0.0322. The van der Waals surface area contributed by atoms with Crippen molar-refractivity contribution in [3.05, 3.63) is 29.8 Å². The molecule has 3 rings (SSSR count). The molecule has 0 unspecified atom stereocenters. The number of halogens is 1. The molecule has 7 heteroatoms. The van der Waals surface area contributed by atoms with Crippen molar-refractivity contribution in [1.82, 2.24) is 9.80 Å². The van der Waals surface area contributed by atoms with E-state index >= 15 is 0 Å². The standard InChI is InChI=1S/C20H32N4O2.HI/c1-17-5-7-24(8-6-17)20(21)22-16-18-3-2-4-19(15-18)26-14-11-23-9-12-25-13-10-23;/h2-4,15,17H,5-14,16H2,1H3,(H2,21,22);1H. The number of piperidine rings is 1. The number of hydrogen-bond donors (Lipinski definition) is 1. The summed E-state index contributed by atoms with van der Waals surface area (Å²) >= 11 is 0. The molecule has 2 N–H and O–H groups in total. The normalized spacial score (nSPS) is 19.6. The van der Waals surface area contributed by atoms with Crippen LogP contribution >= 0.6 is 24.0 Å². The van der Waals surface area contributed by atoms with Gasteiger partial charge >= 0.3 is 0 Å². The maximum Gasteiger partial charge on any atom is 0.191 e. The molecular formula is C20H33IN4O2. The van der Waals surface area contributed by atoms with Crippen LogP contribution in [0.4, 0.5) is 0 Å². The molecular weight excluding hydrogens is 455 g/mol. The van der Waals surface area contributed by atoms with Crippen LogP contribution in [-0.4, -0.2) is 68.3 Å². The molecule has 0 aromatic heterocycles. The molecule has 2 fully saturated rings. The fraction of sp³-hybridized carbons (Fsp3) is 0.650. The van der Waals surface area contributed by atoms with E-state index in [1.807, 2.05) is 12.1 Å². The maximum absolute atomic E-state index is 6.17. The lowest BCUT2D eigenvalue weighted by Crippen LogP contribution is -2.42. The van der Waals surface area contributed by atoms with Crippen LogP contribution in [0.2, 0.25) is 0 Å². The van der Waals surface area contributed by atoms with Crippen molar-refractivity contribution in [3.8, 4) is 5.75 Å². The van der Waals surface area contributed by atoms with Crippen molar-refractivity contribution in [3.63, 3.8) is 0 Å². The van der Waals surface area contributed by atoms with Crippen LogP contribution in [0.1, 0.15) is 25.3 Å². The maximum atomic E-state index is 6.17. The minimum Gasteiger partial charge on any atom is -0.492 e. The highest BCUT2D eigenvalue weighted by molar-refractivity contribution is 14.0. The molecule has 2 saturated heterocycles. The van der Waals surface area contributed by atoms with Crippen LogP contribution in [0, 0.1) is 5.92 Å². The van der Waals surface area contributed by atoms with E-state index in [1.165, 1.54) is 12.8 Å². The molecule has 0 atom stereocenters. The number of morpholine rings is 1. The van der Waals surface area contributed by atoms with Crippen LogP contribution in [0.3, 0.4) is 0 Å². The monoisotopic (exact) mass is 488 g/mol. The summed E-state index contributed by atoms with van der Waals surface area (Å²) in [7, 11) is 0. The van der Waals surface area contributed by atoms with Crippen molar-refractivity contribution < 1.29 is 9.47 Å². The summed E-state index contributed by atoms with van der Waals surface area (Å²) in [6.07, 6.45) is 2.39. The van der Waals surface area contributed by atoms with Crippen molar-refractivity contribution >= 4 is 29.9 Å². The molecule has 0 saturated carbocycles. The minimum absolute atomic E-state index is 0. The Bertz CT molecular complexity index is 585. The fourth-order valence-electron chi connectivity index (χ4n) is 3.36. The first-order chi connectivity index (χ1) is 12.7. The van der Waals surface area contributed by atoms with Gasteiger partial charge < -0.3 is 20.1 Å². The molecule has 1 aromatic carbocycles. The van der Waals surface area contributed by atoms with Gasteiger partial charge in [0.15, 0.2) is 5.96 Å². The van der Waals surface area contributed by atoms with Gasteiger partial charge in [-0.2, -0.15) is 0 Å². The summed E-state index contributed by atoms with van der Waals surface area (Å²) in [5, 5.41) is 0. The first-order valence-electron chi connectivity index (χ1n) is 9.77. The lowest BCUT2D eigenvalue weighted by Gasteiger charge is -2.31. The highest BCUT2D eigenvalue weighted by Gasteiger charge is 2.16. The quantitative estimate of drug-likeness (QED) is 0.379. The minimum atomic E-state index is 0. The first kappa shape index (κ1) is 22.2. The summed E-state index contributed by atoms with van der Waals surface area (Å²) in [6.45, 7) is 10.2. The van der Waals surface area contributed by atoms with E-state index in [2.05, 4.69) is 33.8 Å². The third kappa shape index (κ3) is 7.46. The van der Waals surface area contributed by atoms with Gasteiger partial charge in [0, 0.05) is 32.7 Å². The van der Waals surface area contributed by atoms with E-state index in [-0.39, 0.29) is 24.0 Å². The summed E-state index contributed by atoms with van der Waals surface area (Å²) in [5.41, 5.74) is 7.30. The highest BCUT2D eigenvalue weighted by Crippen LogP contribution is 2.17. The second-order valence-corrected chi connectivity index (χ2v) is 7.29. The second kappa shape index (κ2) is 11.7. The molecule has 2 aliphatic heterocycles. The van der Waals surface area contributed by atoms with Crippen LogP contribution in [0.25, 0.3) is 0 Å². The number of nitrogens with two attached hydrogens (primary N) is 1. The Morgan fingerprint density at radius 2 is 1.96 bits per heavy atom. The van der Waals surface area contributed by atoms with E-state index in [4.69, 9.17) is 15.2 Å². The predicted octanol–water partition coefficient (Wildman–Crippen LogP) is 2.56. The molecule has 1 aromatic rings. The van der Waals surface area contributed by atoms with E-state index in [9.17, 15) is 0 Å². The molecule has 6 nitrogen and oxygen atoms in total. The molecule has 0 amide bonds. The summed E-state index contributed by atoms with van der Waals surface area (Å²) < 4.78 is 11.3. The summed E-state index contributed by atoms with van der Waals surface area (Å²) in [6, 6.07) is 8.16. The first-order valence-corrected chi connectivity index (χ1v) is 9.77. The van der Waals surface area contributed by atoms with E-state index < -0.39 is 0 Å². The van der Waals surface area contributed by atoms with Gasteiger partial charge in [-0.25, -0.2) is 4.99 Å². The van der Waals surface area contributed by atoms with Gasteiger partial charge in [-0.1, -0.05) is 19.1 Å². The SMILES string of the molecule is CC1CCN(C(N)=NCc2cccc(OCCN3CCOCC3)c2)CC1.I. The van der Waals surface area contributed by atoms with E-state index in [0.29, 0.717) is 19.1 Å². The molecule has 2 aliphatic rings. The Balaban J connectivity index is 0.00000261. The smallest absolute Gasteiger partial charge is 0.191 e. The number of rotatable bonds is 6.